The van der Waals surface area contributed by atoms with E-state index in [0.717, 1.165) is 10.6 Å². The zero-order valence-corrected chi connectivity index (χ0v) is 13.9. The van der Waals surface area contributed by atoms with Crippen LogP contribution in [0.15, 0.2) is 34.9 Å². The lowest BCUT2D eigenvalue weighted by atomic mass is 10.3. The summed E-state index contributed by atoms with van der Waals surface area (Å²) in [7, 11) is 3.35. The number of aryl methyl sites for hydroxylation is 1. The number of nitrogens with zero attached hydrogens (tertiary/aromatic N) is 1. The molecule has 0 saturated heterocycles. The number of rotatable bonds is 7. The topological polar surface area (TPSA) is 97.9 Å². The van der Waals surface area contributed by atoms with Gasteiger partial charge in [0.1, 0.15) is 11.5 Å². The van der Waals surface area contributed by atoms with Crippen LogP contribution in [0.3, 0.4) is 0 Å². The number of aromatic nitrogens is 1. The number of nitrogens with one attached hydrogen (secondary N) is 3. The summed E-state index contributed by atoms with van der Waals surface area (Å²) in [5.74, 6) is 1.29. The quantitative estimate of drug-likeness (QED) is 0.667. The average molecular weight is 333 g/mol. The molecule has 0 aliphatic rings. The largest absolute Gasteiger partial charge is 0.497 e. The van der Waals surface area contributed by atoms with Crippen LogP contribution in [0.5, 0.6) is 5.75 Å². The van der Waals surface area contributed by atoms with Crippen molar-refractivity contribution in [2.45, 2.75) is 6.92 Å². The van der Waals surface area contributed by atoms with Crippen molar-refractivity contribution in [1.29, 1.82) is 0 Å². The second kappa shape index (κ2) is 8.11. The Morgan fingerprint density at radius 1 is 1.17 bits per heavy atom. The number of hydrogen-bond acceptors (Lipinski definition) is 5. The van der Waals surface area contributed by atoms with Crippen LogP contribution in [0.4, 0.5) is 11.5 Å². The van der Waals surface area contributed by atoms with Crippen LogP contribution in [0.25, 0.3) is 0 Å². The molecule has 2 amide bonds. The Morgan fingerprint density at radius 2 is 1.79 bits per heavy atom. The lowest BCUT2D eigenvalue weighted by Crippen LogP contribution is -3.11. The Bertz CT molecular complexity index is 696. The third-order valence-electron chi connectivity index (χ3n) is 3.19. The predicted octanol–water partition coefficient (Wildman–Crippen LogP) is 0.0835. The summed E-state index contributed by atoms with van der Waals surface area (Å²) in [4.78, 5) is 24.6. The summed E-state index contributed by atoms with van der Waals surface area (Å²) in [5, 5.41) is 9.08. The molecule has 2 rings (SSSR count). The van der Waals surface area contributed by atoms with E-state index in [0.29, 0.717) is 17.3 Å². The number of anilines is 2. The molecule has 2 aromatic rings. The second-order valence-electron chi connectivity index (χ2n) is 5.46. The lowest BCUT2D eigenvalue weighted by molar-refractivity contribution is -0.862. The Labute approximate surface area is 139 Å². The van der Waals surface area contributed by atoms with Crippen molar-refractivity contribution in [2.75, 3.05) is 37.9 Å². The number of amides is 2. The van der Waals surface area contributed by atoms with Gasteiger partial charge in [-0.25, -0.2) is 0 Å². The molecule has 0 aliphatic carbocycles. The van der Waals surface area contributed by atoms with Crippen molar-refractivity contribution >= 4 is 23.3 Å². The SMILES string of the molecule is COc1ccc(NC(=O)C[NH+](C)CC(=O)Nc2cc(C)on2)cc1. The zero-order valence-electron chi connectivity index (χ0n) is 13.9. The molecular formula is C16H21N4O4+. The highest BCUT2D eigenvalue weighted by Crippen LogP contribution is 2.14. The molecular weight excluding hydrogens is 312 g/mol. The van der Waals surface area contributed by atoms with Crippen LogP contribution >= 0.6 is 0 Å². The van der Waals surface area contributed by atoms with E-state index in [9.17, 15) is 9.59 Å². The first-order valence-corrected chi connectivity index (χ1v) is 7.44. The molecule has 0 radical (unpaired) electrons. The Hall–Kier alpha value is -2.87. The average Bonchev–Trinajstić information content (AvgIpc) is 2.92. The number of benzene rings is 1. The van der Waals surface area contributed by atoms with Crippen molar-refractivity contribution in [1.82, 2.24) is 5.16 Å². The fraction of sp³-hybridized carbons (Fsp3) is 0.312. The van der Waals surface area contributed by atoms with E-state index in [1.54, 1.807) is 51.4 Å². The van der Waals surface area contributed by atoms with Crippen LogP contribution in [0.2, 0.25) is 0 Å². The number of carbonyl (C=O) groups is 2. The predicted molar refractivity (Wildman–Crippen MR) is 88.1 cm³/mol. The molecule has 1 atom stereocenters. The Balaban J connectivity index is 1.77. The number of ether oxygens (including phenoxy) is 1. The van der Waals surface area contributed by atoms with Gasteiger partial charge in [-0.3, -0.25) is 9.59 Å². The molecule has 0 bridgehead atoms. The molecule has 1 aromatic carbocycles. The van der Waals surface area contributed by atoms with Crippen LogP contribution in [0.1, 0.15) is 5.76 Å². The summed E-state index contributed by atoms with van der Waals surface area (Å²) >= 11 is 0. The molecule has 0 fully saturated rings. The fourth-order valence-corrected chi connectivity index (χ4v) is 2.10. The van der Waals surface area contributed by atoms with E-state index < -0.39 is 0 Å². The number of hydrogen-bond donors (Lipinski definition) is 3. The van der Waals surface area contributed by atoms with Gasteiger partial charge in [-0.1, -0.05) is 5.16 Å². The van der Waals surface area contributed by atoms with Gasteiger partial charge < -0.3 is 24.8 Å². The molecule has 3 N–H and O–H groups in total. The van der Waals surface area contributed by atoms with Crippen molar-refractivity contribution in [2.24, 2.45) is 0 Å². The number of likely N-dealkylation sites (N-methyl/N-ethyl adjacent to an activating group) is 1. The van der Waals surface area contributed by atoms with Gasteiger partial charge in [0.2, 0.25) is 0 Å². The van der Waals surface area contributed by atoms with E-state index in [1.165, 1.54) is 0 Å². The van der Waals surface area contributed by atoms with Gasteiger partial charge in [0.25, 0.3) is 11.8 Å². The van der Waals surface area contributed by atoms with Gasteiger partial charge >= 0.3 is 0 Å². The summed E-state index contributed by atoms with van der Waals surface area (Å²) in [5.41, 5.74) is 0.677. The monoisotopic (exact) mass is 333 g/mol. The first-order chi connectivity index (χ1) is 11.5. The minimum absolute atomic E-state index is 0.141. The lowest BCUT2D eigenvalue weighted by Gasteiger charge is -2.13. The van der Waals surface area contributed by atoms with Gasteiger partial charge in [-0.15, -0.1) is 0 Å². The molecule has 8 heteroatoms. The summed E-state index contributed by atoms with van der Waals surface area (Å²) in [6, 6.07) is 8.67. The van der Waals surface area contributed by atoms with Gasteiger partial charge in [-0.2, -0.15) is 0 Å². The minimum Gasteiger partial charge on any atom is -0.497 e. The maximum absolute atomic E-state index is 12.0. The molecule has 128 valence electrons. The third-order valence-corrected chi connectivity index (χ3v) is 3.19. The summed E-state index contributed by atoms with van der Waals surface area (Å²) in [6.07, 6.45) is 0. The molecule has 1 aromatic heterocycles. The maximum Gasteiger partial charge on any atom is 0.280 e. The van der Waals surface area contributed by atoms with Crippen LogP contribution in [-0.4, -0.2) is 44.2 Å². The smallest absolute Gasteiger partial charge is 0.280 e. The molecule has 1 heterocycles. The number of quaternary nitrogens is 1. The fourth-order valence-electron chi connectivity index (χ4n) is 2.10. The highest BCUT2D eigenvalue weighted by Gasteiger charge is 2.15. The van der Waals surface area contributed by atoms with E-state index in [-0.39, 0.29) is 24.9 Å². The highest BCUT2D eigenvalue weighted by atomic mass is 16.5. The normalized spacial score (nSPS) is 11.6. The van der Waals surface area contributed by atoms with Crippen molar-refractivity contribution in [3.05, 3.63) is 36.1 Å². The first kappa shape index (κ1) is 17.5. The minimum atomic E-state index is -0.238. The summed E-state index contributed by atoms with van der Waals surface area (Å²) in [6.45, 7) is 2.04. The van der Waals surface area contributed by atoms with Crippen molar-refractivity contribution < 1.29 is 23.7 Å². The zero-order chi connectivity index (χ0) is 17.5. The second-order valence-corrected chi connectivity index (χ2v) is 5.46. The molecule has 0 saturated carbocycles. The maximum atomic E-state index is 12.0. The number of methoxy groups -OCH3 is 1. The highest BCUT2D eigenvalue weighted by molar-refractivity contribution is 5.92. The van der Waals surface area contributed by atoms with Crippen molar-refractivity contribution in [3.8, 4) is 5.75 Å². The van der Waals surface area contributed by atoms with Gasteiger partial charge in [0.15, 0.2) is 18.9 Å². The van der Waals surface area contributed by atoms with Crippen LogP contribution in [-0.2, 0) is 9.59 Å². The first-order valence-electron chi connectivity index (χ1n) is 7.44. The van der Waals surface area contributed by atoms with Crippen molar-refractivity contribution in [3.63, 3.8) is 0 Å². The molecule has 0 spiro atoms. The summed E-state index contributed by atoms with van der Waals surface area (Å²) < 4.78 is 9.93. The van der Waals surface area contributed by atoms with E-state index in [2.05, 4.69) is 15.8 Å². The Morgan fingerprint density at radius 3 is 2.33 bits per heavy atom. The van der Waals surface area contributed by atoms with Crippen LogP contribution in [0, 0.1) is 6.92 Å². The van der Waals surface area contributed by atoms with Gasteiger partial charge in [0, 0.05) is 11.8 Å². The number of carbonyl (C=O) groups excluding carboxylic acids is 2. The molecule has 8 nitrogen and oxygen atoms in total. The standard InChI is InChI=1S/C16H20N4O4/c1-11-8-14(19-24-11)18-16(22)10-20(2)9-15(21)17-12-4-6-13(23-3)7-5-12/h4-8H,9-10H2,1-3H3,(H,17,21)(H,18,19,22)/p+1. The van der Waals surface area contributed by atoms with E-state index in [1.807, 2.05) is 0 Å². The van der Waals surface area contributed by atoms with Gasteiger partial charge in [-0.05, 0) is 31.2 Å². The molecule has 0 aliphatic heterocycles. The van der Waals surface area contributed by atoms with E-state index >= 15 is 0 Å². The molecule has 1 unspecified atom stereocenters. The van der Waals surface area contributed by atoms with E-state index in [4.69, 9.17) is 9.26 Å². The Kier molecular flexibility index (Phi) is 5.91. The molecule has 24 heavy (non-hydrogen) atoms. The third kappa shape index (κ3) is 5.40. The van der Waals surface area contributed by atoms with Crippen LogP contribution < -0.4 is 20.3 Å². The van der Waals surface area contributed by atoms with Gasteiger partial charge in [0.05, 0.1) is 14.2 Å².